The van der Waals surface area contributed by atoms with Gasteiger partial charge in [-0.15, -0.1) is 23.1 Å². The minimum atomic E-state index is -4.58. The molecule has 1 atom stereocenters. The van der Waals surface area contributed by atoms with Crippen molar-refractivity contribution in [3.63, 3.8) is 0 Å². The lowest BCUT2D eigenvalue weighted by molar-refractivity contribution is -0.137. The average molecular weight is 527 g/mol. The summed E-state index contributed by atoms with van der Waals surface area (Å²) < 4.78 is 40.7. The lowest BCUT2D eigenvalue weighted by Gasteiger charge is -2.34. The Hall–Kier alpha value is -2.23. The van der Waals surface area contributed by atoms with E-state index < -0.39 is 23.6 Å². The molecule has 0 bridgehead atoms. The van der Waals surface area contributed by atoms with Crippen LogP contribution >= 0.6 is 34.7 Å². The van der Waals surface area contributed by atoms with Crippen molar-refractivity contribution in [3.8, 4) is 0 Å². The Balaban J connectivity index is 1.81. The number of rotatable bonds is 4. The van der Waals surface area contributed by atoms with Gasteiger partial charge in [-0.2, -0.15) is 13.2 Å². The first-order chi connectivity index (χ1) is 16.0. The van der Waals surface area contributed by atoms with Crippen LogP contribution in [0.5, 0.6) is 0 Å². The highest BCUT2D eigenvalue weighted by Gasteiger charge is 2.40. The van der Waals surface area contributed by atoms with E-state index in [1.165, 1.54) is 0 Å². The molecule has 1 aliphatic carbocycles. The van der Waals surface area contributed by atoms with Crippen molar-refractivity contribution in [1.29, 1.82) is 0 Å². The third-order valence-corrected chi connectivity index (χ3v) is 8.45. The van der Waals surface area contributed by atoms with E-state index in [4.69, 9.17) is 11.6 Å². The number of thiophene rings is 1. The summed E-state index contributed by atoms with van der Waals surface area (Å²) in [4.78, 5) is 27.7. The molecule has 1 aromatic heterocycles. The number of ketones is 1. The van der Waals surface area contributed by atoms with Crippen molar-refractivity contribution in [2.45, 2.75) is 49.4 Å². The number of thioether (sulfide) groups is 1. The molecule has 34 heavy (non-hydrogen) atoms. The minimum absolute atomic E-state index is 0.00949. The normalized spacial score (nSPS) is 18.7. The summed E-state index contributed by atoms with van der Waals surface area (Å²) in [6.07, 6.45) is -0.830. The van der Waals surface area contributed by atoms with Gasteiger partial charge in [0, 0.05) is 39.8 Å². The van der Waals surface area contributed by atoms with E-state index in [2.05, 4.69) is 10.6 Å². The molecule has 0 saturated heterocycles. The molecule has 1 amide bonds. The lowest BCUT2D eigenvalue weighted by atomic mass is 9.75. The van der Waals surface area contributed by atoms with Crippen LogP contribution in [0.3, 0.4) is 0 Å². The second-order valence-electron chi connectivity index (χ2n) is 8.22. The minimum Gasteiger partial charge on any atom is -0.362 e. The summed E-state index contributed by atoms with van der Waals surface area (Å²) in [6, 6.07) is 4.78. The largest absolute Gasteiger partial charge is 0.416 e. The Morgan fingerprint density at radius 2 is 1.97 bits per heavy atom. The Bertz CT molecular complexity index is 1250. The highest BCUT2D eigenvalue weighted by Crippen LogP contribution is 2.47. The van der Waals surface area contributed by atoms with Crippen molar-refractivity contribution in [2.75, 3.05) is 11.6 Å². The van der Waals surface area contributed by atoms with Crippen molar-refractivity contribution in [3.05, 3.63) is 67.8 Å². The highest BCUT2D eigenvalue weighted by molar-refractivity contribution is 8.00. The van der Waals surface area contributed by atoms with E-state index in [0.717, 1.165) is 45.0 Å². The maximum absolute atomic E-state index is 13.6. The van der Waals surface area contributed by atoms with Crippen molar-refractivity contribution < 1.29 is 22.8 Å². The van der Waals surface area contributed by atoms with E-state index in [-0.39, 0.29) is 16.5 Å². The number of amides is 1. The monoisotopic (exact) mass is 526 g/mol. The zero-order chi connectivity index (χ0) is 24.8. The van der Waals surface area contributed by atoms with Gasteiger partial charge >= 0.3 is 6.18 Å². The molecule has 180 valence electrons. The van der Waals surface area contributed by atoms with Crippen LogP contribution < -0.4 is 10.6 Å². The SMILES string of the molecule is CSc1sc(C)cc1[C@@H]1C(C(=O)Nc2cc(C(F)(F)F)ccc2Cl)=C(C)NC2=C1C(=O)CCC2. The van der Waals surface area contributed by atoms with Gasteiger partial charge in [0.15, 0.2) is 5.78 Å². The van der Waals surface area contributed by atoms with Crippen LogP contribution in [0.25, 0.3) is 0 Å². The van der Waals surface area contributed by atoms with Crippen LogP contribution in [0.4, 0.5) is 18.9 Å². The maximum atomic E-state index is 13.6. The molecule has 0 fully saturated rings. The molecule has 1 aliphatic heterocycles. The van der Waals surface area contributed by atoms with Gasteiger partial charge in [-0.05, 0) is 62.8 Å². The second kappa shape index (κ2) is 9.43. The number of Topliss-reactive ketones (excluding diaryl/α,β-unsaturated/α-hetero) is 1. The number of anilines is 1. The van der Waals surface area contributed by atoms with Crippen molar-refractivity contribution in [1.82, 2.24) is 5.32 Å². The summed E-state index contributed by atoms with van der Waals surface area (Å²) in [7, 11) is 0. The molecule has 1 aromatic carbocycles. The summed E-state index contributed by atoms with van der Waals surface area (Å²) in [6.45, 7) is 3.71. The zero-order valence-corrected chi connectivity index (χ0v) is 21.0. The number of hydrogen-bond donors (Lipinski definition) is 2. The van der Waals surface area contributed by atoms with Gasteiger partial charge in [0.25, 0.3) is 5.91 Å². The summed E-state index contributed by atoms with van der Waals surface area (Å²) in [5.74, 6) is -1.23. The van der Waals surface area contributed by atoms with E-state index in [1.54, 1.807) is 30.0 Å². The molecule has 2 aromatic rings. The quantitative estimate of drug-likeness (QED) is 0.419. The first kappa shape index (κ1) is 24.9. The van der Waals surface area contributed by atoms with Gasteiger partial charge < -0.3 is 10.6 Å². The number of halogens is 4. The average Bonchev–Trinajstić information content (AvgIpc) is 3.14. The van der Waals surface area contributed by atoms with Crippen molar-refractivity contribution in [2.24, 2.45) is 0 Å². The number of aryl methyl sites for hydroxylation is 1. The molecule has 0 unspecified atom stereocenters. The number of carbonyl (C=O) groups excluding carboxylic acids is 2. The smallest absolute Gasteiger partial charge is 0.362 e. The van der Waals surface area contributed by atoms with Crippen LogP contribution in [0, 0.1) is 6.92 Å². The Morgan fingerprint density at radius 3 is 2.65 bits per heavy atom. The molecule has 2 N–H and O–H groups in total. The Morgan fingerprint density at radius 1 is 1.24 bits per heavy atom. The van der Waals surface area contributed by atoms with Crippen molar-refractivity contribution >= 4 is 52.1 Å². The first-order valence-corrected chi connectivity index (χ1v) is 13.0. The molecule has 2 heterocycles. The maximum Gasteiger partial charge on any atom is 0.416 e. The predicted octanol–water partition coefficient (Wildman–Crippen LogP) is 7.06. The van der Waals surface area contributed by atoms with Gasteiger partial charge in [-0.1, -0.05) is 11.6 Å². The number of allylic oxidation sites excluding steroid dienone is 3. The summed E-state index contributed by atoms with van der Waals surface area (Å²) in [5.41, 5.74) is 2.04. The number of alkyl halides is 3. The van der Waals surface area contributed by atoms with Gasteiger partial charge in [0.2, 0.25) is 0 Å². The van der Waals surface area contributed by atoms with Gasteiger partial charge in [-0.3, -0.25) is 9.59 Å². The van der Waals surface area contributed by atoms with Gasteiger partial charge in [-0.25, -0.2) is 0 Å². The lowest BCUT2D eigenvalue weighted by Crippen LogP contribution is -2.35. The van der Waals surface area contributed by atoms with Gasteiger partial charge in [0.1, 0.15) is 0 Å². The second-order valence-corrected chi connectivity index (χ2v) is 11.0. The molecular formula is C24H22ClF3N2O2S2. The summed E-state index contributed by atoms with van der Waals surface area (Å²) in [5, 5.41) is 5.78. The molecule has 0 saturated carbocycles. The van der Waals surface area contributed by atoms with E-state index in [9.17, 15) is 22.8 Å². The number of nitrogens with one attached hydrogen (secondary N) is 2. The fraction of sp³-hybridized carbons (Fsp3) is 0.333. The Labute approximate surface area is 208 Å². The van der Waals surface area contributed by atoms with Crippen LogP contribution in [0.2, 0.25) is 5.02 Å². The fourth-order valence-electron chi connectivity index (χ4n) is 4.46. The number of dihydropyridines is 1. The topological polar surface area (TPSA) is 58.2 Å². The molecule has 0 radical (unpaired) electrons. The Kier molecular flexibility index (Phi) is 6.90. The number of hydrogen-bond acceptors (Lipinski definition) is 5. The predicted molar refractivity (Wildman–Crippen MR) is 130 cm³/mol. The molecule has 2 aliphatic rings. The van der Waals surface area contributed by atoms with Crippen LogP contribution in [-0.2, 0) is 15.8 Å². The highest BCUT2D eigenvalue weighted by atomic mass is 35.5. The zero-order valence-electron chi connectivity index (χ0n) is 18.7. The van der Waals surface area contributed by atoms with Crippen LogP contribution in [-0.4, -0.2) is 17.9 Å². The van der Waals surface area contributed by atoms with E-state index >= 15 is 0 Å². The third-order valence-electron chi connectivity index (χ3n) is 5.91. The molecule has 10 heteroatoms. The summed E-state index contributed by atoms with van der Waals surface area (Å²) >= 11 is 9.25. The third kappa shape index (κ3) is 4.65. The molecule has 4 rings (SSSR count). The molecule has 4 nitrogen and oxygen atoms in total. The number of benzene rings is 1. The molecule has 0 spiro atoms. The van der Waals surface area contributed by atoms with E-state index in [1.807, 2.05) is 19.2 Å². The first-order valence-electron chi connectivity index (χ1n) is 10.6. The number of carbonyl (C=O) groups is 2. The van der Waals surface area contributed by atoms with Crippen LogP contribution in [0.1, 0.15) is 48.1 Å². The van der Waals surface area contributed by atoms with Crippen LogP contribution in [0.15, 0.2) is 51.0 Å². The van der Waals surface area contributed by atoms with Gasteiger partial charge in [0.05, 0.1) is 20.5 Å². The standard InChI is InChI=1S/C24H22ClF3N2O2S2/c1-11-9-14(23(33-3)34-11)20-19(12(2)29-16-5-4-6-18(31)21(16)20)22(32)30-17-10-13(24(26,27)28)7-8-15(17)25/h7-10,20,29H,4-6H2,1-3H3,(H,30,32)/t20-/m1/s1. The molecular weight excluding hydrogens is 505 g/mol. The fourth-order valence-corrected chi connectivity index (χ4v) is 6.53. The van der Waals surface area contributed by atoms with E-state index in [0.29, 0.717) is 29.7 Å².